The van der Waals surface area contributed by atoms with Crippen molar-refractivity contribution in [1.82, 2.24) is 14.3 Å². The standard InChI is InChI=1S/C28H28FN5O2S2/c1-18-5-4-12-33-24(18)30-25(32-15-13-31(14-16-32)20-10-8-19(29)9-11-20)22(26(33)35)17-23-27(36)34(28(37)38-23)21-6-2-3-7-21/h4-5,8-12,17,21H,2-3,6-7,13-16H2,1H3. The Hall–Kier alpha value is -3.24. The number of thioether (sulfide) groups is 1. The highest BCUT2D eigenvalue weighted by Gasteiger charge is 2.38. The van der Waals surface area contributed by atoms with Gasteiger partial charge in [0.25, 0.3) is 11.5 Å². The van der Waals surface area contributed by atoms with Gasteiger partial charge in [0, 0.05) is 44.1 Å². The molecule has 1 aliphatic carbocycles. The lowest BCUT2D eigenvalue weighted by Crippen LogP contribution is -2.47. The van der Waals surface area contributed by atoms with Gasteiger partial charge in [0.15, 0.2) is 0 Å². The Balaban J connectivity index is 1.37. The summed E-state index contributed by atoms with van der Waals surface area (Å²) in [7, 11) is 0. The Morgan fingerprint density at radius 3 is 2.42 bits per heavy atom. The second-order valence-electron chi connectivity index (χ2n) is 9.98. The van der Waals surface area contributed by atoms with Crippen LogP contribution in [0, 0.1) is 12.7 Å². The van der Waals surface area contributed by atoms with E-state index in [1.807, 2.05) is 19.1 Å². The second kappa shape index (κ2) is 10.1. The van der Waals surface area contributed by atoms with E-state index < -0.39 is 0 Å². The molecule has 2 saturated heterocycles. The number of rotatable bonds is 4. The number of fused-ring (bicyclic) bond motifs is 1. The summed E-state index contributed by atoms with van der Waals surface area (Å²) in [5.74, 6) is 0.202. The Kier molecular flexibility index (Phi) is 6.69. The van der Waals surface area contributed by atoms with Gasteiger partial charge in [-0.15, -0.1) is 0 Å². The first-order valence-corrected chi connectivity index (χ1v) is 14.2. The van der Waals surface area contributed by atoms with Gasteiger partial charge in [-0.1, -0.05) is 42.9 Å². The van der Waals surface area contributed by atoms with Crippen molar-refractivity contribution in [1.29, 1.82) is 0 Å². The molecular formula is C28H28FN5O2S2. The van der Waals surface area contributed by atoms with Crippen molar-refractivity contribution in [2.24, 2.45) is 0 Å². The van der Waals surface area contributed by atoms with Gasteiger partial charge in [-0.3, -0.25) is 18.9 Å². The molecule has 0 atom stereocenters. The first-order valence-electron chi connectivity index (χ1n) is 13.0. The third-order valence-corrected chi connectivity index (χ3v) is 8.95. The monoisotopic (exact) mass is 549 g/mol. The van der Waals surface area contributed by atoms with Crippen molar-refractivity contribution in [2.45, 2.75) is 38.6 Å². The van der Waals surface area contributed by atoms with Gasteiger partial charge in [0.05, 0.1) is 10.5 Å². The minimum absolute atomic E-state index is 0.118. The number of thiocarbonyl (C=S) groups is 1. The number of carbonyl (C=O) groups excluding carboxylic acids is 1. The maximum atomic E-state index is 13.8. The molecule has 2 aromatic heterocycles. The SMILES string of the molecule is Cc1cccn2c(=O)c(C=C3SC(=S)N(C4CCCC4)C3=O)c(N3CCN(c4ccc(F)cc4)CC3)nc12. The number of aromatic nitrogens is 2. The Bertz CT molecular complexity index is 1510. The molecule has 2 aliphatic heterocycles. The van der Waals surface area contributed by atoms with Crippen molar-refractivity contribution < 1.29 is 9.18 Å². The molecule has 38 heavy (non-hydrogen) atoms. The molecule has 3 aliphatic rings. The maximum Gasteiger partial charge on any atom is 0.267 e. The average Bonchev–Trinajstić information content (AvgIpc) is 3.54. The maximum absolute atomic E-state index is 13.8. The number of aryl methyl sites for hydroxylation is 1. The minimum atomic E-state index is -0.258. The zero-order valence-corrected chi connectivity index (χ0v) is 22.7. The summed E-state index contributed by atoms with van der Waals surface area (Å²) in [6.45, 7) is 4.60. The smallest absolute Gasteiger partial charge is 0.267 e. The third-order valence-electron chi connectivity index (χ3n) is 7.62. The van der Waals surface area contributed by atoms with Crippen molar-refractivity contribution >= 4 is 57.4 Å². The van der Waals surface area contributed by atoms with Crippen LogP contribution in [0.1, 0.15) is 36.8 Å². The third kappa shape index (κ3) is 4.49. The first-order chi connectivity index (χ1) is 18.4. The van der Waals surface area contributed by atoms with Crippen LogP contribution in [0.25, 0.3) is 11.7 Å². The van der Waals surface area contributed by atoms with Crippen LogP contribution < -0.4 is 15.4 Å². The highest BCUT2D eigenvalue weighted by atomic mass is 32.2. The lowest BCUT2D eigenvalue weighted by molar-refractivity contribution is -0.123. The van der Waals surface area contributed by atoms with Crippen LogP contribution in [-0.4, -0.2) is 56.7 Å². The van der Waals surface area contributed by atoms with Crippen LogP contribution in [-0.2, 0) is 4.79 Å². The summed E-state index contributed by atoms with van der Waals surface area (Å²) in [6, 6.07) is 10.4. The second-order valence-corrected chi connectivity index (χ2v) is 11.7. The van der Waals surface area contributed by atoms with Gasteiger partial charge in [0.2, 0.25) is 0 Å². The number of nitrogens with zero attached hydrogens (tertiary/aromatic N) is 5. The van der Waals surface area contributed by atoms with Crippen molar-refractivity contribution in [3.05, 3.63) is 74.8 Å². The van der Waals surface area contributed by atoms with Crippen LogP contribution in [0.3, 0.4) is 0 Å². The molecule has 1 aromatic carbocycles. The molecule has 3 aromatic rings. The molecule has 6 rings (SSSR count). The molecule has 1 amide bonds. The molecule has 196 valence electrons. The number of pyridine rings is 1. The lowest BCUT2D eigenvalue weighted by atomic mass is 10.1. The average molecular weight is 550 g/mol. The number of benzene rings is 1. The number of hydrogen-bond acceptors (Lipinski definition) is 7. The number of carbonyl (C=O) groups is 1. The fourth-order valence-electron chi connectivity index (χ4n) is 5.58. The lowest BCUT2D eigenvalue weighted by Gasteiger charge is -2.37. The van der Waals surface area contributed by atoms with E-state index in [2.05, 4.69) is 9.80 Å². The van der Waals surface area contributed by atoms with Gasteiger partial charge < -0.3 is 9.80 Å². The van der Waals surface area contributed by atoms with Crippen molar-refractivity contribution in [2.75, 3.05) is 36.0 Å². The van der Waals surface area contributed by atoms with E-state index in [1.54, 1.807) is 33.7 Å². The van der Waals surface area contributed by atoms with Crippen LogP contribution in [0.5, 0.6) is 0 Å². The summed E-state index contributed by atoms with van der Waals surface area (Å²) in [5, 5.41) is 0. The number of anilines is 2. The van der Waals surface area contributed by atoms with Gasteiger partial charge >= 0.3 is 0 Å². The summed E-state index contributed by atoms with van der Waals surface area (Å²) < 4.78 is 15.5. The molecule has 0 unspecified atom stereocenters. The molecule has 1 saturated carbocycles. The highest BCUT2D eigenvalue weighted by molar-refractivity contribution is 8.26. The minimum Gasteiger partial charge on any atom is -0.368 e. The van der Waals surface area contributed by atoms with Crippen LogP contribution in [0.2, 0.25) is 0 Å². The van der Waals surface area contributed by atoms with Gasteiger partial charge in [-0.25, -0.2) is 9.37 Å². The Labute approximate surface area is 229 Å². The highest BCUT2D eigenvalue weighted by Crippen LogP contribution is 2.38. The fraction of sp³-hybridized carbons (Fsp3) is 0.357. The quantitative estimate of drug-likeness (QED) is 0.348. The summed E-state index contributed by atoms with van der Waals surface area (Å²) >= 11 is 6.86. The largest absolute Gasteiger partial charge is 0.368 e. The van der Waals surface area contributed by atoms with E-state index in [1.165, 1.54) is 23.9 Å². The van der Waals surface area contributed by atoms with E-state index in [4.69, 9.17) is 17.2 Å². The molecular weight excluding hydrogens is 521 g/mol. The van der Waals surface area contributed by atoms with Crippen molar-refractivity contribution in [3.63, 3.8) is 0 Å². The van der Waals surface area contributed by atoms with E-state index in [-0.39, 0.29) is 23.3 Å². The summed E-state index contributed by atoms with van der Waals surface area (Å²) in [6.07, 6.45) is 7.54. The molecule has 4 heterocycles. The topological polar surface area (TPSA) is 61.2 Å². The molecule has 10 heteroatoms. The molecule has 0 N–H and O–H groups in total. The van der Waals surface area contributed by atoms with Gasteiger partial charge in [-0.2, -0.15) is 0 Å². The van der Waals surface area contributed by atoms with E-state index in [0.29, 0.717) is 52.4 Å². The Morgan fingerprint density at radius 1 is 1.03 bits per heavy atom. The number of hydrogen-bond donors (Lipinski definition) is 0. The number of amides is 1. The zero-order valence-electron chi connectivity index (χ0n) is 21.1. The first kappa shape index (κ1) is 25.1. The molecule has 0 spiro atoms. The van der Waals surface area contributed by atoms with E-state index >= 15 is 0 Å². The van der Waals surface area contributed by atoms with E-state index in [9.17, 15) is 14.0 Å². The summed E-state index contributed by atoms with van der Waals surface area (Å²) in [4.78, 5) is 38.7. The molecule has 0 radical (unpaired) electrons. The predicted molar refractivity (Wildman–Crippen MR) is 154 cm³/mol. The molecule has 3 fully saturated rings. The van der Waals surface area contributed by atoms with Crippen LogP contribution in [0.15, 0.2) is 52.3 Å². The predicted octanol–water partition coefficient (Wildman–Crippen LogP) is 4.61. The zero-order chi connectivity index (χ0) is 26.4. The Morgan fingerprint density at radius 2 is 1.71 bits per heavy atom. The van der Waals surface area contributed by atoms with Crippen LogP contribution >= 0.6 is 24.0 Å². The van der Waals surface area contributed by atoms with E-state index in [0.717, 1.165) is 36.9 Å². The van der Waals surface area contributed by atoms with Crippen LogP contribution in [0.4, 0.5) is 15.9 Å². The van der Waals surface area contributed by atoms with Gasteiger partial charge in [0.1, 0.15) is 21.6 Å². The molecule has 7 nitrogen and oxygen atoms in total. The number of piperazine rings is 1. The molecule has 0 bridgehead atoms. The normalized spacial score (nSPS) is 19.9. The van der Waals surface area contributed by atoms with Crippen molar-refractivity contribution in [3.8, 4) is 0 Å². The number of halogens is 1. The van der Waals surface area contributed by atoms with Gasteiger partial charge in [-0.05, 0) is 61.7 Å². The fourth-order valence-corrected chi connectivity index (χ4v) is 6.97. The summed E-state index contributed by atoms with van der Waals surface area (Å²) in [5.41, 5.74) is 2.65.